The SMILES string of the molecule is O=C(Nc1cccc(Cl)c1)Nc1nnc(-c2ccccc2I)s1. The fourth-order valence-corrected chi connectivity index (χ4v) is 3.64. The number of carbonyl (C=O) groups excluding carboxylic acids is 1. The quantitative estimate of drug-likeness (QED) is 0.538. The molecule has 8 heteroatoms. The summed E-state index contributed by atoms with van der Waals surface area (Å²) in [4.78, 5) is 12.0. The fourth-order valence-electron chi connectivity index (χ4n) is 1.84. The smallest absolute Gasteiger partial charge is 0.308 e. The minimum atomic E-state index is -0.391. The van der Waals surface area contributed by atoms with Crippen molar-refractivity contribution in [2.45, 2.75) is 0 Å². The van der Waals surface area contributed by atoms with Crippen LogP contribution in [-0.2, 0) is 0 Å². The van der Waals surface area contributed by atoms with Crippen LogP contribution >= 0.6 is 45.5 Å². The van der Waals surface area contributed by atoms with Gasteiger partial charge in [-0.25, -0.2) is 4.79 Å². The molecule has 116 valence electrons. The maximum absolute atomic E-state index is 12.0. The van der Waals surface area contributed by atoms with E-state index in [0.717, 1.165) is 14.1 Å². The summed E-state index contributed by atoms with van der Waals surface area (Å²) < 4.78 is 1.08. The van der Waals surface area contributed by atoms with E-state index in [1.807, 2.05) is 24.3 Å². The van der Waals surface area contributed by atoms with Gasteiger partial charge in [0.25, 0.3) is 0 Å². The van der Waals surface area contributed by atoms with Crippen LogP contribution in [0, 0.1) is 3.57 Å². The van der Waals surface area contributed by atoms with Crippen LogP contribution in [0.25, 0.3) is 10.6 Å². The van der Waals surface area contributed by atoms with E-state index in [1.54, 1.807) is 24.3 Å². The molecule has 23 heavy (non-hydrogen) atoms. The van der Waals surface area contributed by atoms with Gasteiger partial charge in [-0.3, -0.25) is 5.32 Å². The summed E-state index contributed by atoms with van der Waals surface area (Å²) in [5.74, 6) is 0. The molecule has 0 spiro atoms. The Morgan fingerprint density at radius 1 is 1.09 bits per heavy atom. The number of rotatable bonds is 3. The number of carbonyl (C=O) groups is 1. The normalized spacial score (nSPS) is 10.3. The Kier molecular flexibility index (Phi) is 5.09. The van der Waals surface area contributed by atoms with Crippen molar-refractivity contribution in [3.63, 3.8) is 0 Å². The zero-order chi connectivity index (χ0) is 16.2. The van der Waals surface area contributed by atoms with E-state index in [-0.39, 0.29) is 0 Å². The highest BCUT2D eigenvalue weighted by Crippen LogP contribution is 2.29. The van der Waals surface area contributed by atoms with E-state index in [2.05, 4.69) is 43.4 Å². The van der Waals surface area contributed by atoms with Crippen molar-refractivity contribution in [2.24, 2.45) is 0 Å². The molecule has 1 heterocycles. The number of aromatic nitrogens is 2. The summed E-state index contributed by atoms with van der Waals surface area (Å²) in [6, 6.07) is 14.4. The largest absolute Gasteiger partial charge is 0.325 e. The van der Waals surface area contributed by atoms with Gasteiger partial charge in [0.15, 0.2) is 5.01 Å². The van der Waals surface area contributed by atoms with Crippen LogP contribution in [0.3, 0.4) is 0 Å². The van der Waals surface area contributed by atoms with Crippen molar-refractivity contribution in [3.05, 3.63) is 57.1 Å². The van der Waals surface area contributed by atoms with E-state index in [1.165, 1.54) is 11.3 Å². The molecule has 5 nitrogen and oxygen atoms in total. The lowest BCUT2D eigenvalue weighted by Crippen LogP contribution is -2.19. The second-order valence-corrected chi connectivity index (χ2v) is 7.06. The number of anilines is 2. The summed E-state index contributed by atoms with van der Waals surface area (Å²) in [5.41, 5.74) is 1.60. The first kappa shape index (κ1) is 16.2. The molecule has 0 aliphatic carbocycles. The molecular formula is C15H10ClIN4OS. The summed E-state index contributed by atoms with van der Waals surface area (Å²) in [6.45, 7) is 0. The molecule has 1 aromatic heterocycles. The number of urea groups is 1. The van der Waals surface area contributed by atoms with Crippen LogP contribution in [0.5, 0.6) is 0 Å². The van der Waals surface area contributed by atoms with Crippen LogP contribution in [0.1, 0.15) is 0 Å². The summed E-state index contributed by atoms with van der Waals surface area (Å²) in [6.07, 6.45) is 0. The molecule has 0 aliphatic heterocycles. The van der Waals surface area contributed by atoms with Crippen molar-refractivity contribution in [1.29, 1.82) is 0 Å². The molecule has 0 unspecified atom stereocenters. The third-order valence-corrected chi connectivity index (χ3v) is 4.88. The van der Waals surface area contributed by atoms with Crippen molar-refractivity contribution >= 4 is 62.4 Å². The number of hydrogen-bond acceptors (Lipinski definition) is 4. The molecule has 0 aliphatic rings. The van der Waals surface area contributed by atoms with E-state index in [0.29, 0.717) is 15.8 Å². The average Bonchev–Trinajstić information content (AvgIpc) is 2.95. The van der Waals surface area contributed by atoms with Crippen LogP contribution < -0.4 is 10.6 Å². The van der Waals surface area contributed by atoms with Gasteiger partial charge in [-0.05, 0) is 46.9 Å². The van der Waals surface area contributed by atoms with Crippen molar-refractivity contribution in [3.8, 4) is 10.6 Å². The van der Waals surface area contributed by atoms with Crippen molar-refractivity contribution < 1.29 is 4.79 Å². The van der Waals surface area contributed by atoms with Crippen LogP contribution in [0.15, 0.2) is 48.5 Å². The second kappa shape index (κ2) is 7.24. The van der Waals surface area contributed by atoms with Gasteiger partial charge >= 0.3 is 6.03 Å². The maximum atomic E-state index is 12.0. The molecule has 2 amide bonds. The molecule has 0 saturated heterocycles. The Morgan fingerprint density at radius 3 is 2.70 bits per heavy atom. The van der Waals surface area contributed by atoms with Gasteiger partial charge in [0, 0.05) is 19.8 Å². The number of nitrogens with one attached hydrogen (secondary N) is 2. The Balaban J connectivity index is 1.69. The van der Waals surface area contributed by atoms with Crippen LogP contribution in [-0.4, -0.2) is 16.2 Å². The van der Waals surface area contributed by atoms with Gasteiger partial charge in [0.1, 0.15) is 0 Å². The summed E-state index contributed by atoms with van der Waals surface area (Å²) in [5, 5.41) is 15.2. The first-order chi connectivity index (χ1) is 11.1. The number of nitrogens with zero attached hydrogens (tertiary/aromatic N) is 2. The molecule has 2 N–H and O–H groups in total. The number of amides is 2. The zero-order valence-corrected chi connectivity index (χ0v) is 15.3. The molecule has 0 fully saturated rings. The highest BCUT2D eigenvalue weighted by molar-refractivity contribution is 14.1. The standard InChI is InChI=1S/C15H10ClIN4OS/c16-9-4-3-5-10(8-9)18-14(22)19-15-21-20-13(23-15)11-6-1-2-7-12(11)17/h1-8H,(H2,18,19,21,22). The van der Waals surface area contributed by atoms with Gasteiger partial charge in [-0.2, -0.15) is 0 Å². The van der Waals surface area contributed by atoms with E-state index in [9.17, 15) is 4.79 Å². The molecule has 0 saturated carbocycles. The first-order valence-electron chi connectivity index (χ1n) is 6.54. The van der Waals surface area contributed by atoms with Gasteiger partial charge in [0.2, 0.25) is 5.13 Å². The molecular weight excluding hydrogens is 447 g/mol. The monoisotopic (exact) mass is 456 g/mol. The fraction of sp³-hybridized carbons (Fsp3) is 0. The Labute approximate surface area is 155 Å². The maximum Gasteiger partial charge on any atom is 0.325 e. The summed E-state index contributed by atoms with van der Waals surface area (Å²) in [7, 11) is 0. The second-order valence-electron chi connectivity index (χ2n) is 4.48. The van der Waals surface area contributed by atoms with Crippen LogP contribution in [0.4, 0.5) is 15.6 Å². The first-order valence-corrected chi connectivity index (χ1v) is 8.81. The van der Waals surface area contributed by atoms with Crippen LogP contribution in [0.2, 0.25) is 5.02 Å². The number of benzene rings is 2. The minimum Gasteiger partial charge on any atom is -0.308 e. The van der Waals surface area contributed by atoms with E-state index in [4.69, 9.17) is 11.6 Å². The third-order valence-electron chi connectivity index (χ3n) is 2.83. The predicted molar refractivity (Wildman–Crippen MR) is 102 cm³/mol. The predicted octanol–water partition coefficient (Wildman–Crippen LogP) is 5.11. The molecule has 0 radical (unpaired) electrons. The molecule has 2 aromatic carbocycles. The topological polar surface area (TPSA) is 66.9 Å². The number of hydrogen-bond donors (Lipinski definition) is 2. The lowest BCUT2D eigenvalue weighted by Gasteiger charge is -2.04. The Bertz CT molecular complexity index is 855. The van der Waals surface area contributed by atoms with E-state index >= 15 is 0 Å². The Hall–Kier alpha value is -1.71. The molecule has 0 bridgehead atoms. The molecule has 0 atom stereocenters. The zero-order valence-electron chi connectivity index (χ0n) is 11.6. The van der Waals surface area contributed by atoms with Gasteiger partial charge in [-0.1, -0.05) is 47.2 Å². The van der Waals surface area contributed by atoms with Gasteiger partial charge < -0.3 is 5.32 Å². The highest BCUT2D eigenvalue weighted by atomic mass is 127. The number of halogens is 2. The minimum absolute atomic E-state index is 0.391. The van der Waals surface area contributed by atoms with Gasteiger partial charge in [-0.15, -0.1) is 10.2 Å². The third kappa shape index (κ3) is 4.18. The average molecular weight is 457 g/mol. The lowest BCUT2D eigenvalue weighted by atomic mass is 10.2. The van der Waals surface area contributed by atoms with Crippen molar-refractivity contribution in [2.75, 3.05) is 10.6 Å². The van der Waals surface area contributed by atoms with Crippen molar-refractivity contribution in [1.82, 2.24) is 10.2 Å². The molecule has 3 rings (SSSR count). The van der Waals surface area contributed by atoms with E-state index < -0.39 is 6.03 Å². The summed E-state index contributed by atoms with van der Waals surface area (Å²) >= 11 is 9.44. The highest BCUT2D eigenvalue weighted by Gasteiger charge is 2.11. The Morgan fingerprint density at radius 2 is 1.91 bits per heavy atom. The molecule has 3 aromatic rings. The lowest BCUT2D eigenvalue weighted by molar-refractivity contribution is 0.262. The van der Waals surface area contributed by atoms with Gasteiger partial charge in [0.05, 0.1) is 0 Å².